The van der Waals surface area contributed by atoms with E-state index in [-0.39, 0.29) is 5.91 Å². The van der Waals surface area contributed by atoms with Gasteiger partial charge in [0.25, 0.3) is 5.91 Å². The molecule has 0 aliphatic heterocycles. The van der Waals surface area contributed by atoms with Crippen LogP contribution in [-0.2, 0) is 6.54 Å². The molecule has 0 aromatic heterocycles. The Kier molecular flexibility index (Phi) is 8.34. The van der Waals surface area contributed by atoms with Crippen molar-refractivity contribution in [3.05, 3.63) is 65.2 Å². The van der Waals surface area contributed by atoms with Crippen molar-refractivity contribution in [2.75, 3.05) is 33.8 Å². The molecule has 1 amide bonds. The van der Waals surface area contributed by atoms with Crippen LogP contribution in [0.3, 0.4) is 0 Å². The Morgan fingerprint density at radius 3 is 2.54 bits per heavy atom. The average Bonchev–Trinajstić information content (AvgIpc) is 2.70. The summed E-state index contributed by atoms with van der Waals surface area (Å²) in [6.45, 7) is 6.51. The number of methoxy groups -OCH3 is 1. The molecule has 0 aliphatic rings. The summed E-state index contributed by atoms with van der Waals surface area (Å²) in [5.41, 5.74) is 2.91. The fraction of sp³-hybridized carbons (Fsp3) is 0.364. The molecule has 2 N–H and O–H groups in total. The molecule has 0 bridgehead atoms. The number of rotatable bonds is 8. The molecule has 2 aromatic rings. The Morgan fingerprint density at radius 2 is 1.89 bits per heavy atom. The van der Waals surface area contributed by atoms with E-state index >= 15 is 0 Å². The highest BCUT2D eigenvalue weighted by atomic mass is 16.5. The number of hydrogen-bond donors (Lipinski definition) is 2. The summed E-state index contributed by atoms with van der Waals surface area (Å²) in [4.78, 5) is 18.9. The van der Waals surface area contributed by atoms with Gasteiger partial charge < -0.3 is 20.3 Å². The maximum Gasteiger partial charge on any atom is 0.251 e. The van der Waals surface area contributed by atoms with Crippen LogP contribution in [0.25, 0.3) is 0 Å². The smallest absolute Gasteiger partial charge is 0.251 e. The Labute approximate surface area is 167 Å². The average molecular weight is 383 g/mol. The van der Waals surface area contributed by atoms with Crippen LogP contribution in [-0.4, -0.2) is 50.6 Å². The lowest BCUT2D eigenvalue weighted by Crippen LogP contribution is -2.39. The Hall–Kier alpha value is -3.02. The van der Waals surface area contributed by atoms with Gasteiger partial charge in [0.05, 0.1) is 13.7 Å². The van der Waals surface area contributed by atoms with Crippen LogP contribution in [0.4, 0.5) is 0 Å². The van der Waals surface area contributed by atoms with Crippen LogP contribution in [0.5, 0.6) is 5.75 Å². The number of carbonyl (C=O) groups is 1. The number of nitrogens with one attached hydrogen (secondary N) is 2. The van der Waals surface area contributed by atoms with E-state index in [1.54, 1.807) is 7.11 Å². The monoisotopic (exact) mass is 382 g/mol. The maximum atomic E-state index is 12.2. The fourth-order valence-corrected chi connectivity index (χ4v) is 2.77. The first kappa shape index (κ1) is 21.3. The lowest BCUT2D eigenvalue weighted by molar-refractivity contribution is 0.0954. The van der Waals surface area contributed by atoms with Gasteiger partial charge in [-0.3, -0.25) is 9.79 Å². The van der Waals surface area contributed by atoms with Gasteiger partial charge in [0.1, 0.15) is 5.75 Å². The number of nitrogens with zero attached hydrogens (tertiary/aromatic N) is 2. The number of aryl methyl sites for hydroxylation is 1. The van der Waals surface area contributed by atoms with Gasteiger partial charge in [0.2, 0.25) is 0 Å². The van der Waals surface area contributed by atoms with Crippen molar-refractivity contribution in [3.63, 3.8) is 0 Å². The Morgan fingerprint density at radius 1 is 1.14 bits per heavy atom. The van der Waals surface area contributed by atoms with Gasteiger partial charge in [-0.2, -0.15) is 0 Å². The van der Waals surface area contributed by atoms with Crippen LogP contribution in [0, 0.1) is 6.92 Å². The predicted molar refractivity (Wildman–Crippen MR) is 114 cm³/mol. The Bertz CT molecular complexity index is 787. The van der Waals surface area contributed by atoms with Crippen LogP contribution in [0.15, 0.2) is 53.5 Å². The Balaban J connectivity index is 1.88. The second-order valence-electron chi connectivity index (χ2n) is 6.57. The largest absolute Gasteiger partial charge is 0.497 e. The normalized spacial score (nSPS) is 11.1. The first-order valence-corrected chi connectivity index (χ1v) is 9.50. The molecule has 2 aromatic carbocycles. The maximum absolute atomic E-state index is 12.2. The summed E-state index contributed by atoms with van der Waals surface area (Å²) < 4.78 is 5.20. The van der Waals surface area contributed by atoms with E-state index in [9.17, 15) is 4.79 Å². The number of benzene rings is 2. The third kappa shape index (κ3) is 6.61. The zero-order valence-electron chi connectivity index (χ0n) is 17.2. The molecule has 0 radical (unpaired) electrons. The van der Waals surface area contributed by atoms with Crippen molar-refractivity contribution in [2.24, 2.45) is 4.99 Å². The summed E-state index contributed by atoms with van der Waals surface area (Å²) in [5.74, 6) is 1.58. The van der Waals surface area contributed by atoms with Gasteiger partial charge >= 0.3 is 0 Å². The number of aliphatic imine (C=N–C) groups is 1. The lowest BCUT2D eigenvalue weighted by atomic mass is 10.1. The molecule has 6 heteroatoms. The second-order valence-corrected chi connectivity index (χ2v) is 6.57. The van der Waals surface area contributed by atoms with E-state index in [2.05, 4.69) is 20.5 Å². The first-order chi connectivity index (χ1) is 13.5. The van der Waals surface area contributed by atoms with E-state index in [0.717, 1.165) is 30.4 Å². The van der Waals surface area contributed by atoms with Gasteiger partial charge in [-0.1, -0.05) is 29.8 Å². The van der Waals surface area contributed by atoms with Crippen molar-refractivity contribution in [2.45, 2.75) is 20.4 Å². The minimum Gasteiger partial charge on any atom is -0.497 e. The highest BCUT2D eigenvalue weighted by Crippen LogP contribution is 2.12. The molecule has 150 valence electrons. The molecule has 0 aliphatic carbocycles. The van der Waals surface area contributed by atoms with Crippen molar-refractivity contribution in [1.82, 2.24) is 15.5 Å². The SMILES string of the molecule is CCNC(=NCCNC(=O)c1cccc(C)c1)N(C)Cc1ccc(OC)cc1. The van der Waals surface area contributed by atoms with E-state index in [0.29, 0.717) is 18.7 Å². The van der Waals surface area contributed by atoms with Gasteiger partial charge in [0.15, 0.2) is 5.96 Å². The van der Waals surface area contributed by atoms with Gasteiger partial charge in [-0.05, 0) is 43.7 Å². The van der Waals surface area contributed by atoms with E-state index in [4.69, 9.17) is 4.74 Å². The topological polar surface area (TPSA) is 66.0 Å². The van der Waals surface area contributed by atoms with Crippen LogP contribution in [0.2, 0.25) is 0 Å². The standard InChI is InChI=1S/C22H30N4O2/c1-5-23-22(26(3)16-18-9-11-20(28-4)12-10-18)25-14-13-24-21(27)19-8-6-7-17(2)15-19/h6-12,15H,5,13-14,16H2,1-4H3,(H,23,25)(H,24,27). The molecule has 0 atom stereocenters. The van der Waals surface area contributed by atoms with Crippen molar-refractivity contribution < 1.29 is 9.53 Å². The van der Waals surface area contributed by atoms with Crippen molar-refractivity contribution >= 4 is 11.9 Å². The number of hydrogen-bond acceptors (Lipinski definition) is 3. The summed E-state index contributed by atoms with van der Waals surface area (Å²) in [5, 5.41) is 6.21. The molecule has 0 saturated carbocycles. The summed E-state index contributed by atoms with van der Waals surface area (Å²) in [6, 6.07) is 15.6. The minimum absolute atomic E-state index is 0.0736. The zero-order valence-corrected chi connectivity index (χ0v) is 17.2. The zero-order chi connectivity index (χ0) is 20.4. The molecule has 6 nitrogen and oxygen atoms in total. The highest BCUT2D eigenvalue weighted by Gasteiger charge is 2.08. The first-order valence-electron chi connectivity index (χ1n) is 9.50. The van der Waals surface area contributed by atoms with E-state index in [1.165, 1.54) is 5.56 Å². The summed E-state index contributed by atoms with van der Waals surface area (Å²) in [6.07, 6.45) is 0. The van der Waals surface area contributed by atoms with Crippen LogP contribution in [0.1, 0.15) is 28.4 Å². The summed E-state index contributed by atoms with van der Waals surface area (Å²) in [7, 11) is 3.66. The molecule has 0 saturated heterocycles. The predicted octanol–water partition coefficient (Wildman–Crippen LogP) is 2.83. The third-order valence-corrected chi connectivity index (χ3v) is 4.21. The lowest BCUT2D eigenvalue weighted by Gasteiger charge is -2.22. The molecule has 0 spiro atoms. The molecular weight excluding hydrogens is 352 g/mol. The second kappa shape index (κ2) is 11.0. The summed E-state index contributed by atoms with van der Waals surface area (Å²) >= 11 is 0. The molecule has 28 heavy (non-hydrogen) atoms. The third-order valence-electron chi connectivity index (χ3n) is 4.21. The molecule has 0 heterocycles. The highest BCUT2D eigenvalue weighted by molar-refractivity contribution is 5.94. The number of carbonyl (C=O) groups excluding carboxylic acids is 1. The van der Waals surface area contributed by atoms with E-state index < -0.39 is 0 Å². The van der Waals surface area contributed by atoms with Gasteiger partial charge in [0, 0.05) is 32.2 Å². The molecular formula is C22H30N4O2. The van der Waals surface area contributed by atoms with Crippen LogP contribution < -0.4 is 15.4 Å². The van der Waals surface area contributed by atoms with Crippen molar-refractivity contribution in [3.8, 4) is 5.75 Å². The van der Waals surface area contributed by atoms with Crippen molar-refractivity contribution in [1.29, 1.82) is 0 Å². The van der Waals surface area contributed by atoms with Gasteiger partial charge in [-0.25, -0.2) is 0 Å². The minimum atomic E-state index is -0.0736. The van der Waals surface area contributed by atoms with Gasteiger partial charge in [-0.15, -0.1) is 0 Å². The van der Waals surface area contributed by atoms with Crippen LogP contribution >= 0.6 is 0 Å². The number of amides is 1. The van der Waals surface area contributed by atoms with E-state index in [1.807, 2.05) is 69.4 Å². The molecule has 2 rings (SSSR count). The molecule has 0 fully saturated rings. The quantitative estimate of drug-likeness (QED) is 0.419. The molecule has 0 unspecified atom stereocenters. The number of guanidine groups is 1. The fourth-order valence-electron chi connectivity index (χ4n) is 2.77. The number of ether oxygens (including phenoxy) is 1.